The second-order valence-corrected chi connectivity index (χ2v) is 5.65. The number of halogens is 2. The molecule has 0 aliphatic heterocycles. The number of rotatable bonds is 12. The number of unbranched alkanes of at least 4 members (excludes halogenated alkanes) is 4. The van der Waals surface area contributed by atoms with E-state index in [1.54, 1.807) is 0 Å². The van der Waals surface area contributed by atoms with Gasteiger partial charge < -0.3 is 9.19 Å². The van der Waals surface area contributed by atoms with Gasteiger partial charge in [0.1, 0.15) is 0 Å². The Kier molecular flexibility index (Phi) is 24.9. The van der Waals surface area contributed by atoms with Crippen LogP contribution in [0.3, 0.4) is 0 Å². The van der Waals surface area contributed by atoms with Crippen molar-refractivity contribution in [3.05, 3.63) is 0 Å². The van der Waals surface area contributed by atoms with Crippen LogP contribution < -0.4 is 4.70 Å². The molecule has 0 N–H and O–H groups in total. The summed E-state index contributed by atoms with van der Waals surface area (Å²) in [6.07, 6.45) is 11.1. The predicted molar refractivity (Wildman–Crippen MR) is 80.5 cm³/mol. The standard InChI is InChI=1S/C16H36N.Ag.2FH/c1-5-9-13-17(14-10-6-2,15-11-7-3)16-12-8-4;;;/h5-16H2,1-4H3;;2*1H/q2*+1;;/p-2. The van der Waals surface area contributed by atoms with E-state index in [2.05, 4.69) is 27.7 Å². The monoisotopic (exact) mass is 387 g/mol. The minimum absolute atomic E-state index is 0. The fourth-order valence-electron chi connectivity index (χ4n) is 2.64. The number of quaternary nitrogens is 1. The van der Waals surface area contributed by atoms with Crippen LogP contribution in [0.4, 0.5) is 3.02 Å². The zero-order valence-electron chi connectivity index (χ0n) is 14.0. The minimum atomic E-state index is 0. The number of hydrogen-bond donors (Lipinski definition) is 0. The summed E-state index contributed by atoms with van der Waals surface area (Å²) in [5.74, 6) is 0. The molecule has 0 amide bonds. The predicted octanol–water partition coefficient (Wildman–Crippen LogP) is 2.43. The van der Waals surface area contributed by atoms with Crippen LogP contribution in [-0.4, -0.2) is 30.7 Å². The summed E-state index contributed by atoms with van der Waals surface area (Å²) in [5.41, 5.74) is 0. The molecule has 4 heteroatoms. The van der Waals surface area contributed by atoms with Crippen LogP contribution in [0.1, 0.15) is 79.1 Å². The molecule has 0 rings (SSSR count). The first-order valence-electron chi connectivity index (χ1n) is 8.21. The van der Waals surface area contributed by atoms with Crippen molar-refractivity contribution >= 4 is 0 Å². The second kappa shape index (κ2) is 19.6. The second-order valence-electron chi connectivity index (χ2n) is 5.65. The van der Waals surface area contributed by atoms with Crippen molar-refractivity contribution in [2.75, 3.05) is 26.2 Å². The molecule has 0 radical (unpaired) electrons. The summed E-state index contributed by atoms with van der Waals surface area (Å²) in [5, 5.41) is 0. The Labute approximate surface area is 139 Å². The summed E-state index contributed by atoms with van der Waals surface area (Å²) in [6.45, 7) is 15.0. The molecule has 0 atom stereocenters. The zero-order chi connectivity index (χ0) is 15.0. The molecule has 0 heterocycles. The molecule has 0 aromatic heterocycles. The molecular weight excluding hydrogens is 352 g/mol. The third kappa shape index (κ3) is 13.5. The SMILES string of the molecule is CCCC[N+](CCCC)(CCCC)CCCC.[F-].[F][Ag]. The number of nitrogens with zero attached hydrogens (tertiary/aromatic N) is 1. The molecule has 0 spiro atoms. The number of hydrogen-bond acceptors (Lipinski definition) is 0. The van der Waals surface area contributed by atoms with Crippen LogP contribution in [0.25, 0.3) is 0 Å². The molecule has 0 aromatic carbocycles. The molecule has 0 fully saturated rings. The molecule has 0 bridgehead atoms. The summed E-state index contributed by atoms with van der Waals surface area (Å²) in [4.78, 5) is 0. The molecule has 0 saturated carbocycles. The van der Waals surface area contributed by atoms with Crippen molar-refractivity contribution in [1.29, 1.82) is 0 Å². The van der Waals surface area contributed by atoms with Gasteiger partial charge in [0, 0.05) is 0 Å². The zero-order valence-corrected chi connectivity index (χ0v) is 15.5. The Morgan fingerprint density at radius 3 is 0.950 bits per heavy atom. The first kappa shape index (κ1) is 25.5. The van der Waals surface area contributed by atoms with Gasteiger partial charge >= 0.3 is 24.6 Å². The van der Waals surface area contributed by atoms with Crippen LogP contribution in [0.15, 0.2) is 0 Å². The normalized spacial score (nSPS) is 10.6. The van der Waals surface area contributed by atoms with Crippen molar-refractivity contribution in [3.8, 4) is 0 Å². The summed E-state index contributed by atoms with van der Waals surface area (Å²) in [7, 11) is 0. The first-order chi connectivity index (χ1) is 9.24. The van der Waals surface area contributed by atoms with Gasteiger partial charge in [0.25, 0.3) is 0 Å². The van der Waals surface area contributed by atoms with Crippen LogP contribution in [0, 0.1) is 0 Å². The Balaban J connectivity index is -0.000000916. The average molecular weight is 388 g/mol. The van der Waals surface area contributed by atoms with E-state index in [-0.39, 0.29) is 4.70 Å². The third-order valence-electron chi connectivity index (χ3n) is 3.94. The molecule has 1 nitrogen and oxygen atoms in total. The van der Waals surface area contributed by atoms with Crippen LogP contribution in [0.2, 0.25) is 0 Å². The van der Waals surface area contributed by atoms with E-state index < -0.39 is 0 Å². The average Bonchev–Trinajstić information content (AvgIpc) is 2.48. The molecular formula is C16H36AgF2N. The van der Waals surface area contributed by atoms with Gasteiger partial charge in [-0.1, -0.05) is 53.4 Å². The quantitative estimate of drug-likeness (QED) is 0.356. The molecule has 20 heavy (non-hydrogen) atoms. The van der Waals surface area contributed by atoms with Crippen molar-refractivity contribution < 1.29 is 33.8 Å². The Hall–Kier alpha value is 0.560. The van der Waals surface area contributed by atoms with E-state index in [1.807, 2.05) is 0 Å². The molecule has 0 aromatic rings. The third-order valence-corrected chi connectivity index (χ3v) is 3.94. The first-order valence-corrected chi connectivity index (χ1v) is 8.77. The van der Waals surface area contributed by atoms with Gasteiger partial charge in [0.2, 0.25) is 0 Å². The van der Waals surface area contributed by atoms with Crippen LogP contribution in [0.5, 0.6) is 0 Å². The summed E-state index contributed by atoms with van der Waals surface area (Å²) < 4.78 is 10.7. The fourth-order valence-corrected chi connectivity index (χ4v) is 2.64. The Bertz CT molecular complexity index is 131. The van der Waals surface area contributed by atoms with E-state index in [0.717, 1.165) is 0 Å². The van der Waals surface area contributed by atoms with Gasteiger partial charge in [0.15, 0.2) is 0 Å². The van der Waals surface area contributed by atoms with Gasteiger partial charge in [-0.05, 0) is 25.7 Å². The van der Waals surface area contributed by atoms with Crippen molar-refractivity contribution in [3.63, 3.8) is 0 Å². The maximum atomic E-state index is 9.31. The van der Waals surface area contributed by atoms with Gasteiger partial charge in [-0.25, -0.2) is 0 Å². The molecule has 0 aliphatic rings. The molecule has 0 aliphatic carbocycles. The van der Waals surface area contributed by atoms with Crippen molar-refractivity contribution in [2.24, 2.45) is 0 Å². The van der Waals surface area contributed by atoms with Gasteiger partial charge in [-0.2, -0.15) is 0 Å². The molecule has 130 valence electrons. The van der Waals surface area contributed by atoms with E-state index in [9.17, 15) is 3.02 Å². The summed E-state index contributed by atoms with van der Waals surface area (Å²) >= 11 is 1.45. The Morgan fingerprint density at radius 2 is 0.800 bits per heavy atom. The fraction of sp³-hybridized carbons (Fsp3) is 1.00. The van der Waals surface area contributed by atoms with E-state index in [0.29, 0.717) is 0 Å². The topological polar surface area (TPSA) is 0 Å². The van der Waals surface area contributed by atoms with Crippen molar-refractivity contribution in [1.82, 2.24) is 0 Å². The van der Waals surface area contributed by atoms with Crippen LogP contribution in [-0.2, 0) is 21.6 Å². The Morgan fingerprint density at radius 1 is 0.600 bits per heavy atom. The van der Waals surface area contributed by atoms with Crippen LogP contribution >= 0.6 is 0 Å². The van der Waals surface area contributed by atoms with E-state index in [4.69, 9.17) is 0 Å². The van der Waals surface area contributed by atoms with E-state index >= 15 is 0 Å². The molecule has 0 saturated heterocycles. The summed E-state index contributed by atoms with van der Waals surface area (Å²) in [6, 6.07) is 0. The van der Waals surface area contributed by atoms with E-state index in [1.165, 1.54) is 104 Å². The van der Waals surface area contributed by atoms with Gasteiger partial charge in [-0.3, -0.25) is 0 Å². The molecule has 0 unspecified atom stereocenters. The van der Waals surface area contributed by atoms with Gasteiger partial charge in [-0.15, -0.1) is 0 Å². The maximum absolute atomic E-state index is 9.31. The van der Waals surface area contributed by atoms with Gasteiger partial charge in [0.05, 0.1) is 26.2 Å². The van der Waals surface area contributed by atoms with Crippen molar-refractivity contribution in [2.45, 2.75) is 79.1 Å².